The van der Waals surface area contributed by atoms with Gasteiger partial charge < -0.3 is 15.4 Å². The van der Waals surface area contributed by atoms with E-state index in [0.29, 0.717) is 13.2 Å². The number of benzene rings is 2. The molecular formula is C19H26IN3O. The molecule has 0 atom stereocenters. The molecule has 0 aliphatic carbocycles. The van der Waals surface area contributed by atoms with Gasteiger partial charge in [0.05, 0.1) is 13.2 Å². The molecule has 0 spiro atoms. The van der Waals surface area contributed by atoms with Crippen molar-refractivity contribution in [1.29, 1.82) is 0 Å². The third-order valence-electron chi connectivity index (χ3n) is 3.32. The lowest BCUT2D eigenvalue weighted by atomic mass is 10.1. The predicted molar refractivity (Wildman–Crippen MR) is 112 cm³/mol. The van der Waals surface area contributed by atoms with E-state index in [9.17, 15) is 0 Å². The minimum atomic E-state index is 0. The Bertz CT molecular complexity index is 600. The second-order valence-electron chi connectivity index (χ2n) is 5.27. The Morgan fingerprint density at radius 2 is 1.75 bits per heavy atom. The molecule has 0 fully saturated rings. The zero-order valence-electron chi connectivity index (χ0n) is 14.3. The molecule has 2 rings (SSSR count). The molecule has 0 aliphatic heterocycles. The molecule has 5 heteroatoms. The molecule has 130 valence electrons. The summed E-state index contributed by atoms with van der Waals surface area (Å²) >= 11 is 0. The van der Waals surface area contributed by atoms with Gasteiger partial charge in [-0.05, 0) is 31.5 Å². The van der Waals surface area contributed by atoms with Gasteiger partial charge in [0, 0.05) is 18.8 Å². The van der Waals surface area contributed by atoms with Crippen LogP contribution in [0.1, 0.15) is 18.1 Å². The van der Waals surface area contributed by atoms with E-state index in [1.807, 2.05) is 37.3 Å². The summed E-state index contributed by atoms with van der Waals surface area (Å²) in [7, 11) is 0. The van der Waals surface area contributed by atoms with E-state index in [2.05, 4.69) is 46.8 Å². The standard InChI is InChI=1S/C19H25N3O.HI/c1-3-23-14-13-20-19(22-18-7-5-4-6-8-18)21-15-17-11-9-16(2)10-12-17;/h4-12H,3,13-15H2,1-2H3,(H2,20,21,22);1H. The zero-order chi connectivity index (χ0) is 16.3. The summed E-state index contributed by atoms with van der Waals surface area (Å²) in [5.41, 5.74) is 3.46. The number of aliphatic imine (C=N–C) groups is 1. The first-order chi connectivity index (χ1) is 11.3. The topological polar surface area (TPSA) is 45.6 Å². The van der Waals surface area contributed by atoms with Gasteiger partial charge in [0.25, 0.3) is 0 Å². The summed E-state index contributed by atoms with van der Waals surface area (Å²) in [4.78, 5) is 4.66. The second kappa shape index (κ2) is 11.9. The number of nitrogens with one attached hydrogen (secondary N) is 2. The van der Waals surface area contributed by atoms with Crippen molar-refractivity contribution in [2.75, 3.05) is 25.1 Å². The van der Waals surface area contributed by atoms with E-state index >= 15 is 0 Å². The highest BCUT2D eigenvalue weighted by molar-refractivity contribution is 14.0. The van der Waals surface area contributed by atoms with Crippen LogP contribution < -0.4 is 10.6 Å². The number of para-hydroxylation sites is 1. The van der Waals surface area contributed by atoms with Gasteiger partial charge in [-0.25, -0.2) is 4.99 Å². The van der Waals surface area contributed by atoms with E-state index in [1.54, 1.807) is 0 Å². The summed E-state index contributed by atoms with van der Waals surface area (Å²) in [6.45, 7) is 6.83. The first-order valence-electron chi connectivity index (χ1n) is 8.01. The van der Waals surface area contributed by atoms with Crippen LogP contribution >= 0.6 is 24.0 Å². The zero-order valence-corrected chi connectivity index (χ0v) is 16.6. The average Bonchev–Trinajstić information content (AvgIpc) is 2.58. The van der Waals surface area contributed by atoms with Gasteiger partial charge in [-0.3, -0.25) is 0 Å². The highest BCUT2D eigenvalue weighted by Crippen LogP contribution is 2.07. The molecule has 0 aliphatic rings. The number of hydrogen-bond acceptors (Lipinski definition) is 2. The largest absolute Gasteiger partial charge is 0.380 e. The smallest absolute Gasteiger partial charge is 0.196 e. The molecular weight excluding hydrogens is 413 g/mol. The fraction of sp³-hybridized carbons (Fsp3) is 0.316. The number of anilines is 1. The lowest BCUT2D eigenvalue weighted by molar-refractivity contribution is 0.152. The van der Waals surface area contributed by atoms with E-state index < -0.39 is 0 Å². The molecule has 0 bridgehead atoms. The van der Waals surface area contributed by atoms with Gasteiger partial charge in [-0.1, -0.05) is 48.0 Å². The predicted octanol–water partition coefficient (Wildman–Crippen LogP) is 4.21. The van der Waals surface area contributed by atoms with Crippen LogP contribution in [0, 0.1) is 6.92 Å². The number of ether oxygens (including phenoxy) is 1. The first kappa shape index (κ1) is 20.4. The summed E-state index contributed by atoms with van der Waals surface area (Å²) in [5, 5.41) is 6.62. The SMILES string of the molecule is CCOCCNC(=NCc1ccc(C)cc1)Nc1ccccc1.I. The Labute approximate surface area is 161 Å². The average molecular weight is 439 g/mol. The number of rotatable bonds is 7. The normalized spacial score (nSPS) is 10.8. The molecule has 4 nitrogen and oxygen atoms in total. The number of guanidine groups is 1. The highest BCUT2D eigenvalue weighted by atomic mass is 127. The van der Waals surface area contributed by atoms with E-state index in [0.717, 1.165) is 24.8 Å². The minimum absolute atomic E-state index is 0. The van der Waals surface area contributed by atoms with Crippen molar-refractivity contribution in [3.63, 3.8) is 0 Å². The van der Waals surface area contributed by atoms with Crippen LogP contribution in [-0.4, -0.2) is 25.7 Å². The Morgan fingerprint density at radius 3 is 2.42 bits per heavy atom. The van der Waals surface area contributed by atoms with Gasteiger partial charge in [0.2, 0.25) is 0 Å². The fourth-order valence-electron chi connectivity index (χ4n) is 2.05. The van der Waals surface area contributed by atoms with E-state index in [1.165, 1.54) is 11.1 Å². The molecule has 0 heterocycles. The maximum Gasteiger partial charge on any atom is 0.196 e. The Balaban J connectivity index is 0.00000288. The van der Waals surface area contributed by atoms with Gasteiger partial charge in [-0.2, -0.15) is 0 Å². The minimum Gasteiger partial charge on any atom is -0.380 e. The molecule has 0 radical (unpaired) electrons. The Kier molecular flexibility index (Phi) is 10.1. The summed E-state index contributed by atoms with van der Waals surface area (Å²) in [5.74, 6) is 0.761. The monoisotopic (exact) mass is 439 g/mol. The molecule has 0 unspecified atom stereocenters. The van der Waals surface area contributed by atoms with Crippen molar-refractivity contribution in [2.24, 2.45) is 4.99 Å². The van der Waals surface area contributed by atoms with Gasteiger partial charge in [0.15, 0.2) is 5.96 Å². The fourth-order valence-corrected chi connectivity index (χ4v) is 2.05. The number of hydrogen-bond donors (Lipinski definition) is 2. The Hall–Kier alpha value is -1.60. The molecule has 0 amide bonds. The quantitative estimate of drug-likeness (QED) is 0.294. The number of nitrogens with zero attached hydrogens (tertiary/aromatic N) is 1. The summed E-state index contributed by atoms with van der Waals surface area (Å²) in [6, 6.07) is 18.5. The van der Waals surface area contributed by atoms with Gasteiger partial charge in [-0.15, -0.1) is 24.0 Å². The van der Waals surface area contributed by atoms with E-state index in [4.69, 9.17) is 4.74 Å². The van der Waals surface area contributed by atoms with E-state index in [-0.39, 0.29) is 24.0 Å². The third kappa shape index (κ3) is 7.79. The van der Waals surface area contributed by atoms with Crippen molar-refractivity contribution in [3.8, 4) is 0 Å². The van der Waals surface area contributed by atoms with Crippen LogP contribution in [0.5, 0.6) is 0 Å². The maximum atomic E-state index is 5.36. The highest BCUT2D eigenvalue weighted by Gasteiger charge is 2.00. The van der Waals surface area contributed by atoms with Gasteiger partial charge >= 0.3 is 0 Å². The second-order valence-corrected chi connectivity index (χ2v) is 5.27. The lowest BCUT2D eigenvalue weighted by Gasteiger charge is -2.12. The molecule has 0 saturated heterocycles. The molecule has 0 aromatic heterocycles. The van der Waals surface area contributed by atoms with Crippen LogP contribution in [0.3, 0.4) is 0 Å². The number of halogens is 1. The third-order valence-corrected chi connectivity index (χ3v) is 3.32. The van der Waals surface area contributed by atoms with Crippen molar-refractivity contribution < 1.29 is 4.74 Å². The first-order valence-corrected chi connectivity index (χ1v) is 8.01. The van der Waals surface area contributed by atoms with Gasteiger partial charge in [0.1, 0.15) is 0 Å². The van der Waals surface area contributed by atoms with Crippen molar-refractivity contribution in [3.05, 3.63) is 65.7 Å². The molecule has 24 heavy (non-hydrogen) atoms. The van der Waals surface area contributed by atoms with Crippen LogP contribution in [0.15, 0.2) is 59.6 Å². The van der Waals surface area contributed by atoms with Crippen molar-refractivity contribution in [2.45, 2.75) is 20.4 Å². The van der Waals surface area contributed by atoms with Crippen LogP contribution in [0.25, 0.3) is 0 Å². The molecule has 0 saturated carbocycles. The molecule has 2 aromatic carbocycles. The summed E-state index contributed by atoms with van der Waals surface area (Å²) in [6.07, 6.45) is 0. The molecule has 2 aromatic rings. The van der Waals surface area contributed by atoms with Crippen molar-refractivity contribution in [1.82, 2.24) is 5.32 Å². The lowest BCUT2D eigenvalue weighted by Crippen LogP contribution is -2.33. The van der Waals surface area contributed by atoms with Crippen LogP contribution in [0.4, 0.5) is 5.69 Å². The summed E-state index contributed by atoms with van der Waals surface area (Å²) < 4.78 is 5.36. The van der Waals surface area contributed by atoms with Crippen LogP contribution in [0.2, 0.25) is 0 Å². The van der Waals surface area contributed by atoms with Crippen LogP contribution in [-0.2, 0) is 11.3 Å². The molecule has 2 N–H and O–H groups in total. The van der Waals surface area contributed by atoms with Crippen molar-refractivity contribution >= 4 is 35.6 Å². The Morgan fingerprint density at radius 1 is 1.04 bits per heavy atom. The number of aryl methyl sites for hydroxylation is 1. The maximum absolute atomic E-state index is 5.36.